The van der Waals surface area contributed by atoms with Crippen molar-refractivity contribution in [2.75, 3.05) is 6.54 Å². The van der Waals surface area contributed by atoms with E-state index in [2.05, 4.69) is 75.3 Å². The van der Waals surface area contributed by atoms with Gasteiger partial charge in [-0.05, 0) is 67.6 Å². The SMILES string of the molecule is CC(C)CNCc1cc(Br)c(OCc2ccccc2)c(Br)c1. The molecule has 0 aromatic heterocycles. The highest BCUT2D eigenvalue weighted by atomic mass is 79.9. The molecule has 0 heterocycles. The van der Waals surface area contributed by atoms with E-state index in [1.165, 1.54) is 5.56 Å². The van der Waals surface area contributed by atoms with Crippen molar-refractivity contribution in [3.05, 3.63) is 62.5 Å². The standard InChI is InChI=1S/C18H21Br2NO/c1-13(2)10-21-11-15-8-16(19)18(17(20)9-15)22-12-14-6-4-3-5-7-14/h3-9,13,21H,10-12H2,1-2H3. The molecule has 2 rings (SSSR count). The van der Waals surface area contributed by atoms with Crippen molar-refractivity contribution in [1.82, 2.24) is 5.32 Å². The van der Waals surface area contributed by atoms with Crippen molar-refractivity contribution in [3.8, 4) is 5.75 Å². The van der Waals surface area contributed by atoms with Gasteiger partial charge in [0.25, 0.3) is 0 Å². The van der Waals surface area contributed by atoms with Crippen LogP contribution in [0.3, 0.4) is 0 Å². The Bertz CT molecular complexity index is 576. The first-order valence-corrected chi connectivity index (χ1v) is 9.00. The van der Waals surface area contributed by atoms with Gasteiger partial charge in [0.15, 0.2) is 0 Å². The zero-order valence-electron chi connectivity index (χ0n) is 12.9. The molecule has 0 radical (unpaired) electrons. The van der Waals surface area contributed by atoms with Crippen molar-refractivity contribution < 1.29 is 4.74 Å². The second-order valence-corrected chi connectivity index (χ2v) is 7.40. The molecule has 2 aromatic carbocycles. The molecule has 0 aliphatic heterocycles. The van der Waals surface area contributed by atoms with Crippen LogP contribution >= 0.6 is 31.9 Å². The molecular formula is C18H21Br2NO. The maximum absolute atomic E-state index is 5.94. The maximum Gasteiger partial charge on any atom is 0.148 e. The summed E-state index contributed by atoms with van der Waals surface area (Å²) in [5.41, 5.74) is 2.38. The lowest BCUT2D eigenvalue weighted by atomic mass is 10.2. The minimum Gasteiger partial charge on any atom is -0.487 e. The van der Waals surface area contributed by atoms with Crippen LogP contribution in [0.15, 0.2) is 51.4 Å². The highest BCUT2D eigenvalue weighted by molar-refractivity contribution is 9.11. The van der Waals surface area contributed by atoms with Crippen LogP contribution in [-0.4, -0.2) is 6.54 Å². The Morgan fingerprint density at radius 1 is 1.00 bits per heavy atom. The molecule has 1 N–H and O–H groups in total. The number of benzene rings is 2. The summed E-state index contributed by atoms with van der Waals surface area (Å²) in [5.74, 6) is 1.50. The summed E-state index contributed by atoms with van der Waals surface area (Å²) in [4.78, 5) is 0. The van der Waals surface area contributed by atoms with Crippen LogP contribution in [0.2, 0.25) is 0 Å². The molecule has 0 saturated heterocycles. The highest BCUT2D eigenvalue weighted by Crippen LogP contribution is 2.35. The topological polar surface area (TPSA) is 21.3 Å². The molecule has 2 aromatic rings. The third-order valence-electron chi connectivity index (χ3n) is 3.17. The molecule has 22 heavy (non-hydrogen) atoms. The molecule has 2 nitrogen and oxygen atoms in total. The maximum atomic E-state index is 5.94. The summed E-state index contributed by atoms with van der Waals surface area (Å²) in [7, 11) is 0. The molecule has 4 heteroatoms. The van der Waals surface area contributed by atoms with E-state index in [9.17, 15) is 0 Å². The van der Waals surface area contributed by atoms with Gasteiger partial charge in [-0.25, -0.2) is 0 Å². The Morgan fingerprint density at radius 2 is 1.64 bits per heavy atom. The van der Waals surface area contributed by atoms with Gasteiger partial charge in [-0.1, -0.05) is 44.2 Å². The predicted octanol–water partition coefficient (Wildman–Crippen LogP) is 5.54. The first-order chi connectivity index (χ1) is 10.6. The Kier molecular flexibility index (Phi) is 6.93. The monoisotopic (exact) mass is 425 g/mol. The van der Waals surface area contributed by atoms with Gasteiger partial charge < -0.3 is 10.1 Å². The van der Waals surface area contributed by atoms with Gasteiger partial charge in [-0.2, -0.15) is 0 Å². The van der Waals surface area contributed by atoms with Crippen LogP contribution in [-0.2, 0) is 13.2 Å². The molecule has 0 aliphatic rings. The highest BCUT2D eigenvalue weighted by Gasteiger charge is 2.09. The first kappa shape index (κ1) is 17.5. The van der Waals surface area contributed by atoms with Crippen molar-refractivity contribution in [3.63, 3.8) is 0 Å². The second-order valence-electron chi connectivity index (χ2n) is 5.69. The van der Waals surface area contributed by atoms with E-state index in [0.717, 1.165) is 33.3 Å². The quantitative estimate of drug-likeness (QED) is 0.627. The number of halogens is 2. The fourth-order valence-corrected chi connectivity index (χ4v) is 3.60. The molecule has 0 unspecified atom stereocenters. The zero-order valence-corrected chi connectivity index (χ0v) is 16.1. The third-order valence-corrected chi connectivity index (χ3v) is 4.34. The van der Waals surface area contributed by atoms with Crippen molar-refractivity contribution in [2.24, 2.45) is 5.92 Å². The number of nitrogens with one attached hydrogen (secondary N) is 1. The Hall–Kier alpha value is -0.840. The van der Waals surface area contributed by atoms with E-state index in [1.807, 2.05) is 18.2 Å². The molecule has 0 bridgehead atoms. The molecule has 118 valence electrons. The molecule has 0 saturated carbocycles. The second kappa shape index (κ2) is 8.70. The summed E-state index contributed by atoms with van der Waals surface area (Å²) in [6, 6.07) is 14.4. The number of rotatable bonds is 7. The van der Waals surface area contributed by atoms with Crippen LogP contribution in [0.5, 0.6) is 5.75 Å². The van der Waals surface area contributed by atoms with Gasteiger partial charge in [0.05, 0.1) is 8.95 Å². The largest absolute Gasteiger partial charge is 0.487 e. The lowest BCUT2D eigenvalue weighted by Gasteiger charge is -2.13. The van der Waals surface area contributed by atoms with Gasteiger partial charge >= 0.3 is 0 Å². The smallest absolute Gasteiger partial charge is 0.148 e. The Morgan fingerprint density at radius 3 is 2.23 bits per heavy atom. The number of hydrogen-bond donors (Lipinski definition) is 1. The predicted molar refractivity (Wildman–Crippen MR) is 99.2 cm³/mol. The fourth-order valence-electron chi connectivity index (χ4n) is 2.09. The van der Waals surface area contributed by atoms with Gasteiger partial charge in [0, 0.05) is 6.54 Å². The summed E-state index contributed by atoms with van der Waals surface area (Å²) in [5, 5.41) is 3.45. The summed E-state index contributed by atoms with van der Waals surface area (Å²) in [6.07, 6.45) is 0. The third kappa shape index (κ3) is 5.41. The molecular weight excluding hydrogens is 406 g/mol. The Balaban J connectivity index is 2.00. The van der Waals surface area contributed by atoms with Crippen LogP contribution in [0.25, 0.3) is 0 Å². The van der Waals surface area contributed by atoms with Crippen molar-refractivity contribution in [1.29, 1.82) is 0 Å². The molecule has 0 atom stereocenters. The summed E-state index contributed by atoms with van der Waals surface area (Å²) < 4.78 is 7.88. The normalized spacial score (nSPS) is 11.0. The number of hydrogen-bond acceptors (Lipinski definition) is 2. The molecule has 0 aliphatic carbocycles. The Labute approximate surface area is 149 Å². The molecule has 0 fully saturated rings. The fraction of sp³-hybridized carbons (Fsp3) is 0.333. The van der Waals surface area contributed by atoms with Crippen LogP contribution in [0.4, 0.5) is 0 Å². The zero-order chi connectivity index (χ0) is 15.9. The van der Waals surface area contributed by atoms with Crippen molar-refractivity contribution >= 4 is 31.9 Å². The van der Waals surface area contributed by atoms with E-state index in [-0.39, 0.29) is 0 Å². The summed E-state index contributed by atoms with van der Waals surface area (Å²) >= 11 is 7.22. The lowest BCUT2D eigenvalue weighted by molar-refractivity contribution is 0.302. The van der Waals surface area contributed by atoms with E-state index < -0.39 is 0 Å². The molecule has 0 spiro atoms. The van der Waals surface area contributed by atoms with Gasteiger partial charge in [0.2, 0.25) is 0 Å². The van der Waals surface area contributed by atoms with Crippen LogP contribution in [0.1, 0.15) is 25.0 Å². The van der Waals surface area contributed by atoms with E-state index in [1.54, 1.807) is 0 Å². The summed E-state index contributed by atoms with van der Waals surface area (Å²) in [6.45, 7) is 6.84. The van der Waals surface area contributed by atoms with Crippen LogP contribution < -0.4 is 10.1 Å². The average Bonchev–Trinajstić information content (AvgIpc) is 2.47. The first-order valence-electron chi connectivity index (χ1n) is 7.41. The van der Waals surface area contributed by atoms with Crippen LogP contribution in [0, 0.1) is 5.92 Å². The van der Waals surface area contributed by atoms with E-state index in [4.69, 9.17) is 4.74 Å². The van der Waals surface area contributed by atoms with Gasteiger partial charge in [-0.3, -0.25) is 0 Å². The minimum atomic E-state index is 0.559. The van der Waals surface area contributed by atoms with E-state index >= 15 is 0 Å². The number of ether oxygens (including phenoxy) is 1. The lowest BCUT2D eigenvalue weighted by Crippen LogP contribution is -2.19. The minimum absolute atomic E-state index is 0.559. The molecule has 0 amide bonds. The van der Waals surface area contributed by atoms with Crippen molar-refractivity contribution in [2.45, 2.75) is 27.0 Å². The average molecular weight is 427 g/mol. The van der Waals surface area contributed by atoms with Gasteiger partial charge in [0.1, 0.15) is 12.4 Å². The van der Waals surface area contributed by atoms with Gasteiger partial charge in [-0.15, -0.1) is 0 Å². The van der Waals surface area contributed by atoms with E-state index in [0.29, 0.717) is 12.5 Å².